The molecule has 0 saturated heterocycles. The number of halogens is 4. The number of alkyl halides is 3. The van der Waals surface area contributed by atoms with E-state index in [4.69, 9.17) is 11.6 Å². The lowest BCUT2D eigenvalue weighted by atomic mass is 10.2. The summed E-state index contributed by atoms with van der Waals surface area (Å²) in [5.41, 5.74) is -1.36. The third kappa shape index (κ3) is 2.46. The molecule has 1 aromatic carbocycles. The van der Waals surface area contributed by atoms with Crippen molar-refractivity contribution in [2.24, 2.45) is 5.84 Å². The molecule has 0 bridgehead atoms. The van der Waals surface area contributed by atoms with Crippen LogP contribution in [0.2, 0.25) is 5.02 Å². The Hall–Kier alpha value is -0.830. The maximum Gasteiger partial charge on any atom is 0.417 e. The van der Waals surface area contributed by atoms with Crippen LogP contribution in [-0.2, 0) is 16.2 Å². The van der Waals surface area contributed by atoms with Crippen molar-refractivity contribution in [2.45, 2.75) is 11.1 Å². The third-order valence-electron chi connectivity index (χ3n) is 1.70. The summed E-state index contributed by atoms with van der Waals surface area (Å²) in [6.07, 6.45) is -4.83. The quantitative estimate of drug-likeness (QED) is 0.634. The second-order valence-electron chi connectivity index (χ2n) is 2.74. The Morgan fingerprint density at radius 1 is 1.31 bits per heavy atom. The van der Waals surface area contributed by atoms with Crippen molar-refractivity contribution in [2.75, 3.05) is 0 Å². The van der Waals surface area contributed by atoms with Crippen LogP contribution in [0.1, 0.15) is 5.56 Å². The molecule has 0 saturated carbocycles. The van der Waals surface area contributed by atoms with Crippen LogP contribution >= 0.6 is 11.6 Å². The second-order valence-corrected chi connectivity index (χ2v) is 4.79. The zero-order valence-corrected chi connectivity index (χ0v) is 9.12. The molecule has 0 aromatic heterocycles. The van der Waals surface area contributed by atoms with E-state index in [-0.39, 0.29) is 0 Å². The summed E-state index contributed by atoms with van der Waals surface area (Å²) >= 11 is 5.42. The first-order chi connectivity index (χ1) is 7.20. The summed E-state index contributed by atoms with van der Waals surface area (Å²) < 4.78 is 60.0. The molecule has 9 heteroatoms. The van der Waals surface area contributed by atoms with Crippen molar-refractivity contribution < 1.29 is 21.6 Å². The van der Waals surface area contributed by atoms with Crippen molar-refractivity contribution in [3.63, 3.8) is 0 Å². The molecular formula is C7H6ClF3N2O2S. The molecule has 1 rings (SSSR count). The Balaban J connectivity index is 3.61. The minimum atomic E-state index is -4.83. The van der Waals surface area contributed by atoms with Crippen molar-refractivity contribution in [1.82, 2.24) is 4.83 Å². The van der Waals surface area contributed by atoms with E-state index in [2.05, 4.69) is 5.84 Å². The number of hydrogen-bond donors (Lipinski definition) is 2. The van der Waals surface area contributed by atoms with Gasteiger partial charge in [-0.3, -0.25) is 5.84 Å². The lowest BCUT2D eigenvalue weighted by Gasteiger charge is -2.13. The monoisotopic (exact) mass is 274 g/mol. The van der Waals surface area contributed by atoms with Crippen molar-refractivity contribution in [3.05, 3.63) is 28.8 Å². The standard InChI is InChI=1S/C7H6ClF3N2O2S/c8-5-3-1-2-4(7(9,10)11)6(5)16(14,15)13-12/h1-3,13H,12H2. The van der Waals surface area contributed by atoms with Gasteiger partial charge >= 0.3 is 6.18 Å². The summed E-state index contributed by atoms with van der Waals surface area (Å²) in [4.78, 5) is 0.222. The lowest BCUT2D eigenvalue weighted by molar-refractivity contribution is -0.139. The van der Waals surface area contributed by atoms with Gasteiger partial charge in [-0.15, -0.1) is 4.83 Å². The van der Waals surface area contributed by atoms with Gasteiger partial charge in [0.2, 0.25) is 0 Å². The van der Waals surface area contributed by atoms with Gasteiger partial charge in [0.05, 0.1) is 10.6 Å². The highest BCUT2D eigenvalue weighted by molar-refractivity contribution is 7.89. The number of nitrogens with one attached hydrogen (secondary N) is 1. The molecule has 0 fully saturated rings. The van der Waals surface area contributed by atoms with E-state index >= 15 is 0 Å². The van der Waals surface area contributed by atoms with Gasteiger partial charge in [-0.05, 0) is 12.1 Å². The average molecular weight is 275 g/mol. The number of rotatable bonds is 2. The van der Waals surface area contributed by atoms with E-state index in [1.54, 1.807) is 0 Å². The predicted molar refractivity (Wildman–Crippen MR) is 51.0 cm³/mol. The molecule has 1 aromatic rings. The van der Waals surface area contributed by atoms with Crippen LogP contribution < -0.4 is 10.7 Å². The average Bonchev–Trinajstić information content (AvgIpc) is 2.15. The topological polar surface area (TPSA) is 72.2 Å². The zero-order valence-electron chi connectivity index (χ0n) is 7.55. The van der Waals surface area contributed by atoms with Crippen LogP contribution in [0, 0.1) is 0 Å². The van der Waals surface area contributed by atoms with Crippen LogP contribution in [0.4, 0.5) is 13.2 Å². The molecule has 16 heavy (non-hydrogen) atoms. The van der Waals surface area contributed by atoms with Crippen LogP contribution in [0.15, 0.2) is 23.1 Å². The SMILES string of the molecule is NNS(=O)(=O)c1c(Cl)cccc1C(F)(F)F. The highest BCUT2D eigenvalue weighted by atomic mass is 35.5. The van der Waals surface area contributed by atoms with Gasteiger partial charge in [0.25, 0.3) is 10.0 Å². The van der Waals surface area contributed by atoms with E-state index in [9.17, 15) is 21.6 Å². The van der Waals surface area contributed by atoms with Crippen LogP contribution in [0.5, 0.6) is 0 Å². The Morgan fingerprint density at radius 3 is 2.31 bits per heavy atom. The van der Waals surface area contributed by atoms with Crippen molar-refractivity contribution in [3.8, 4) is 0 Å². The van der Waals surface area contributed by atoms with E-state index in [1.165, 1.54) is 4.83 Å². The first kappa shape index (κ1) is 13.2. The van der Waals surface area contributed by atoms with E-state index < -0.39 is 31.7 Å². The molecule has 0 aliphatic carbocycles. The highest BCUT2D eigenvalue weighted by Gasteiger charge is 2.38. The highest BCUT2D eigenvalue weighted by Crippen LogP contribution is 2.37. The normalized spacial score (nSPS) is 12.8. The molecule has 0 amide bonds. The zero-order chi connectivity index (χ0) is 12.6. The largest absolute Gasteiger partial charge is 0.417 e. The molecule has 0 heterocycles. The van der Waals surface area contributed by atoms with Gasteiger partial charge in [0.1, 0.15) is 4.90 Å². The smallest absolute Gasteiger partial charge is 0.257 e. The Bertz CT molecular complexity index is 501. The summed E-state index contributed by atoms with van der Waals surface area (Å²) in [7, 11) is -4.47. The summed E-state index contributed by atoms with van der Waals surface area (Å²) in [5, 5.41) is -0.548. The summed E-state index contributed by atoms with van der Waals surface area (Å²) in [6.45, 7) is 0. The Morgan fingerprint density at radius 2 is 1.88 bits per heavy atom. The fourth-order valence-corrected chi connectivity index (χ4v) is 2.46. The van der Waals surface area contributed by atoms with Crippen LogP contribution in [-0.4, -0.2) is 8.42 Å². The van der Waals surface area contributed by atoms with E-state index in [0.717, 1.165) is 12.1 Å². The first-order valence-electron chi connectivity index (χ1n) is 3.78. The molecule has 0 unspecified atom stereocenters. The van der Waals surface area contributed by atoms with Crippen LogP contribution in [0.25, 0.3) is 0 Å². The maximum atomic E-state index is 12.5. The number of hydrogen-bond acceptors (Lipinski definition) is 3. The van der Waals surface area contributed by atoms with Gasteiger partial charge in [-0.2, -0.15) is 13.2 Å². The van der Waals surface area contributed by atoms with E-state index in [1.807, 2.05) is 0 Å². The summed E-state index contributed by atoms with van der Waals surface area (Å²) in [6, 6.07) is 2.64. The minimum Gasteiger partial charge on any atom is -0.257 e. The fraction of sp³-hybridized carbons (Fsp3) is 0.143. The molecular weight excluding hydrogens is 269 g/mol. The number of hydrazine groups is 1. The molecule has 3 N–H and O–H groups in total. The number of sulfonamides is 1. The number of benzene rings is 1. The second kappa shape index (κ2) is 4.21. The molecule has 4 nitrogen and oxygen atoms in total. The van der Waals surface area contributed by atoms with Crippen molar-refractivity contribution >= 4 is 21.6 Å². The van der Waals surface area contributed by atoms with Gasteiger partial charge in [0.15, 0.2) is 0 Å². The van der Waals surface area contributed by atoms with Gasteiger partial charge in [-0.1, -0.05) is 17.7 Å². The van der Waals surface area contributed by atoms with Gasteiger partial charge in [0, 0.05) is 0 Å². The molecule has 0 radical (unpaired) electrons. The Kier molecular flexibility index (Phi) is 3.48. The molecule has 0 spiro atoms. The predicted octanol–water partition coefficient (Wildman–Crippen LogP) is 1.51. The lowest BCUT2D eigenvalue weighted by Crippen LogP contribution is -2.32. The fourth-order valence-electron chi connectivity index (χ4n) is 1.06. The molecule has 0 aliphatic rings. The van der Waals surface area contributed by atoms with Gasteiger partial charge < -0.3 is 0 Å². The molecule has 0 aliphatic heterocycles. The number of nitrogens with two attached hydrogens (primary N) is 1. The van der Waals surface area contributed by atoms with E-state index in [0.29, 0.717) is 6.07 Å². The third-order valence-corrected chi connectivity index (χ3v) is 3.41. The Labute approximate surface area is 94.2 Å². The molecule has 0 atom stereocenters. The van der Waals surface area contributed by atoms with Crippen LogP contribution in [0.3, 0.4) is 0 Å². The maximum absolute atomic E-state index is 12.5. The molecule has 90 valence electrons. The summed E-state index contributed by atoms with van der Waals surface area (Å²) in [5.74, 6) is 4.66. The van der Waals surface area contributed by atoms with Crippen molar-refractivity contribution in [1.29, 1.82) is 0 Å². The minimum absolute atomic E-state index is 0.548. The van der Waals surface area contributed by atoms with Gasteiger partial charge in [-0.25, -0.2) is 8.42 Å². The first-order valence-corrected chi connectivity index (χ1v) is 5.64.